The summed E-state index contributed by atoms with van der Waals surface area (Å²) in [7, 11) is 4.15. The SMILES string of the molecule is CN(C)c1ccc2c(c1)CNC2. The zero-order valence-electron chi connectivity index (χ0n) is 7.59. The van der Waals surface area contributed by atoms with E-state index in [1.54, 1.807) is 0 Å². The van der Waals surface area contributed by atoms with Crippen molar-refractivity contribution < 1.29 is 0 Å². The molecule has 0 atom stereocenters. The van der Waals surface area contributed by atoms with Crippen LogP contribution in [0.1, 0.15) is 11.1 Å². The van der Waals surface area contributed by atoms with Crippen LogP contribution >= 0.6 is 0 Å². The molecule has 0 saturated carbocycles. The molecule has 2 heteroatoms. The van der Waals surface area contributed by atoms with E-state index in [1.807, 2.05) is 0 Å². The van der Waals surface area contributed by atoms with Gasteiger partial charge in [0.05, 0.1) is 0 Å². The van der Waals surface area contributed by atoms with Crippen LogP contribution in [-0.4, -0.2) is 14.1 Å². The van der Waals surface area contributed by atoms with E-state index < -0.39 is 0 Å². The smallest absolute Gasteiger partial charge is 0.0364 e. The van der Waals surface area contributed by atoms with Crippen LogP contribution in [-0.2, 0) is 13.1 Å². The molecule has 1 aromatic carbocycles. The Labute approximate surface area is 73.2 Å². The molecule has 0 fully saturated rings. The summed E-state index contributed by atoms with van der Waals surface area (Å²) >= 11 is 0. The standard InChI is InChI=1S/C10H14N2/c1-12(2)10-4-3-8-6-11-7-9(8)5-10/h3-5,11H,6-7H2,1-2H3. The fourth-order valence-corrected chi connectivity index (χ4v) is 1.56. The molecule has 0 saturated heterocycles. The summed E-state index contributed by atoms with van der Waals surface area (Å²) < 4.78 is 0. The lowest BCUT2D eigenvalue weighted by atomic mass is 10.1. The fraction of sp³-hybridized carbons (Fsp3) is 0.400. The first-order valence-corrected chi connectivity index (χ1v) is 4.27. The van der Waals surface area contributed by atoms with Gasteiger partial charge in [-0.15, -0.1) is 0 Å². The Morgan fingerprint density at radius 1 is 1.17 bits per heavy atom. The summed E-state index contributed by atoms with van der Waals surface area (Å²) in [5.74, 6) is 0. The van der Waals surface area contributed by atoms with Crippen molar-refractivity contribution in [1.82, 2.24) is 5.32 Å². The van der Waals surface area contributed by atoms with Crippen LogP contribution in [0.25, 0.3) is 0 Å². The monoisotopic (exact) mass is 162 g/mol. The molecule has 1 aromatic rings. The van der Waals surface area contributed by atoms with E-state index in [9.17, 15) is 0 Å². The Hall–Kier alpha value is -1.02. The first-order valence-electron chi connectivity index (χ1n) is 4.27. The highest BCUT2D eigenvalue weighted by Crippen LogP contribution is 2.21. The topological polar surface area (TPSA) is 15.3 Å². The maximum absolute atomic E-state index is 3.34. The lowest BCUT2D eigenvalue weighted by molar-refractivity contribution is 0.765. The Morgan fingerprint density at radius 3 is 2.67 bits per heavy atom. The Balaban J connectivity index is 2.39. The van der Waals surface area contributed by atoms with E-state index in [2.05, 4.69) is 42.5 Å². The number of hydrogen-bond donors (Lipinski definition) is 1. The van der Waals surface area contributed by atoms with Gasteiger partial charge in [0.15, 0.2) is 0 Å². The third kappa shape index (κ3) is 1.18. The molecule has 1 aliphatic heterocycles. The number of rotatable bonds is 1. The predicted molar refractivity (Wildman–Crippen MR) is 51.3 cm³/mol. The molecule has 0 amide bonds. The summed E-state index contributed by atoms with van der Waals surface area (Å²) in [5.41, 5.74) is 4.18. The van der Waals surface area contributed by atoms with E-state index in [0.29, 0.717) is 0 Å². The van der Waals surface area contributed by atoms with Gasteiger partial charge >= 0.3 is 0 Å². The maximum atomic E-state index is 3.34. The van der Waals surface area contributed by atoms with Gasteiger partial charge in [-0.25, -0.2) is 0 Å². The first kappa shape index (κ1) is 7.62. The average molecular weight is 162 g/mol. The summed E-state index contributed by atoms with van der Waals surface area (Å²) in [6.45, 7) is 2.06. The van der Waals surface area contributed by atoms with E-state index in [-0.39, 0.29) is 0 Å². The molecule has 64 valence electrons. The van der Waals surface area contributed by atoms with Crippen LogP contribution < -0.4 is 10.2 Å². The van der Waals surface area contributed by atoms with E-state index in [1.165, 1.54) is 16.8 Å². The van der Waals surface area contributed by atoms with Gasteiger partial charge in [0.25, 0.3) is 0 Å². The molecule has 2 rings (SSSR count). The largest absolute Gasteiger partial charge is 0.378 e. The molecule has 0 radical (unpaired) electrons. The zero-order chi connectivity index (χ0) is 8.55. The first-order chi connectivity index (χ1) is 5.77. The van der Waals surface area contributed by atoms with Crippen molar-refractivity contribution in [3.63, 3.8) is 0 Å². The van der Waals surface area contributed by atoms with Crippen LogP contribution in [0.15, 0.2) is 18.2 Å². The molecule has 0 aromatic heterocycles. The minimum atomic E-state index is 1.02. The van der Waals surface area contributed by atoms with Crippen molar-refractivity contribution >= 4 is 5.69 Å². The molecule has 2 nitrogen and oxygen atoms in total. The second-order valence-corrected chi connectivity index (χ2v) is 3.45. The van der Waals surface area contributed by atoms with Crippen molar-refractivity contribution in [2.45, 2.75) is 13.1 Å². The summed E-state index contributed by atoms with van der Waals surface area (Å²) in [6.07, 6.45) is 0. The molecule has 1 N–H and O–H groups in total. The van der Waals surface area contributed by atoms with Crippen LogP contribution in [0.5, 0.6) is 0 Å². The molecular weight excluding hydrogens is 148 g/mol. The van der Waals surface area contributed by atoms with Crippen molar-refractivity contribution in [2.75, 3.05) is 19.0 Å². The van der Waals surface area contributed by atoms with Crippen molar-refractivity contribution in [3.8, 4) is 0 Å². The van der Waals surface area contributed by atoms with Crippen LogP contribution in [0.2, 0.25) is 0 Å². The Morgan fingerprint density at radius 2 is 1.92 bits per heavy atom. The molecule has 0 aliphatic carbocycles. The van der Waals surface area contributed by atoms with Crippen LogP contribution in [0.4, 0.5) is 5.69 Å². The third-order valence-corrected chi connectivity index (χ3v) is 2.34. The lowest BCUT2D eigenvalue weighted by Crippen LogP contribution is -2.08. The number of benzene rings is 1. The summed E-state index contributed by atoms with van der Waals surface area (Å²) in [6, 6.07) is 6.64. The highest BCUT2D eigenvalue weighted by Gasteiger charge is 2.09. The quantitative estimate of drug-likeness (QED) is 0.670. The van der Waals surface area contributed by atoms with Gasteiger partial charge in [-0.2, -0.15) is 0 Å². The minimum Gasteiger partial charge on any atom is -0.378 e. The molecule has 12 heavy (non-hydrogen) atoms. The van der Waals surface area contributed by atoms with Gasteiger partial charge in [-0.3, -0.25) is 0 Å². The van der Waals surface area contributed by atoms with Gasteiger partial charge in [-0.05, 0) is 23.3 Å². The minimum absolute atomic E-state index is 1.02. The predicted octanol–water partition coefficient (Wildman–Crippen LogP) is 1.36. The second-order valence-electron chi connectivity index (χ2n) is 3.45. The summed E-state index contributed by atoms with van der Waals surface area (Å²) in [4.78, 5) is 2.14. The molecule has 1 aliphatic rings. The van der Waals surface area contributed by atoms with Gasteiger partial charge in [0, 0.05) is 32.9 Å². The highest BCUT2D eigenvalue weighted by atomic mass is 15.1. The molecule has 0 bridgehead atoms. The number of anilines is 1. The Bertz CT molecular complexity index is 292. The number of nitrogens with zero attached hydrogens (tertiary/aromatic N) is 1. The number of nitrogens with one attached hydrogen (secondary N) is 1. The highest BCUT2D eigenvalue weighted by molar-refractivity contribution is 5.50. The number of fused-ring (bicyclic) bond motifs is 1. The fourth-order valence-electron chi connectivity index (χ4n) is 1.56. The summed E-state index contributed by atoms with van der Waals surface area (Å²) in [5, 5.41) is 3.34. The lowest BCUT2D eigenvalue weighted by Gasteiger charge is -2.13. The van der Waals surface area contributed by atoms with E-state index >= 15 is 0 Å². The Kier molecular flexibility index (Phi) is 1.77. The van der Waals surface area contributed by atoms with Gasteiger partial charge in [0.1, 0.15) is 0 Å². The normalized spacial score (nSPS) is 14.5. The molecular formula is C10H14N2. The zero-order valence-corrected chi connectivity index (χ0v) is 7.59. The third-order valence-electron chi connectivity index (χ3n) is 2.34. The number of hydrogen-bond acceptors (Lipinski definition) is 2. The van der Waals surface area contributed by atoms with Crippen LogP contribution in [0.3, 0.4) is 0 Å². The molecule has 0 unspecified atom stereocenters. The second kappa shape index (κ2) is 2.79. The van der Waals surface area contributed by atoms with E-state index in [4.69, 9.17) is 0 Å². The average Bonchev–Trinajstić information content (AvgIpc) is 2.49. The molecule has 1 heterocycles. The maximum Gasteiger partial charge on any atom is 0.0364 e. The van der Waals surface area contributed by atoms with Crippen molar-refractivity contribution in [1.29, 1.82) is 0 Å². The van der Waals surface area contributed by atoms with Crippen molar-refractivity contribution in [3.05, 3.63) is 29.3 Å². The van der Waals surface area contributed by atoms with Crippen molar-refractivity contribution in [2.24, 2.45) is 0 Å². The van der Waals surface area contributed by atoms with E-state index in [0.717, 1.165) is 13.1 Å². The molecule has 0 spiro atoms. The van der Waals surface area contributed by atoms with Gasteiger partial charge in [0.2, 0.25) is 0 Å². The van der Waals surface area contributed by atoms with Gasteiger partial charge < -0.3 is 10.2 Å². The van der Waals surface area contributed by atoms with Crippen LogP contribution in [0, 0.1) is 0 Å². The van der Waals surface area contributed by atoms with Gasteiger partial charge in [-0.1, -0.05) is 6.07 Å².